The lowest BCUT2D eigenvalue weighted by Crippen LogP contribution is -2.23. The quantitative estimate of drug-likeness (QED) is 0.830. The first-order valence-electron chi connectivity index (χ1n) is 5.77. The molecule has 2 rings (SSSR count). The second kappa shape index (κ2) is 5.23. The van der Waals surface area contributed by atoms with Crippen molar-refractivity contribution in [2.24, 2.45) is 0 Å². The average molecular weight is 344 g/mol. The number of aryl methyl sites for hydroxylation is 1. The Balaban J connectivity index is 2.54. The number of hydrogen-bond acceptors (Lipinski definition) is 1. The van der Waals surface area contributed by atoms with E-state index in [9.17, 15) is 9.50 Å². The molecule has 0 fully saturated rings. The Morgan fingerprint density at radius 3 is 2.47 bits per heavy atom. The van der Waals surface area contributed by atoms with Crippen molar-refractivity contribution in [2.75, 3.05) is 0 Å². The standard InChI is InChI=1S/C15H13BrClFO/c1-9-3-4-10(7-14(9)18)15(2,19)12-6-5-11(16)8-13(12)17/h3-8,19H,1-2H3. The predicted molar refractivity (Wildman–Crippen MR) is 79.0 cm³/mol. The van der Waals surface area contributed by atoms with Crippen LogP contribution in [-0.2, 0) is 5.60 Å². The molecule has 1 nitrogen and oxygen atoms in total. The van der Waals surface area contributed by atoms with Crippen molar-refractivity contribution >= 4 is 27.5 Å². The maximum absolute atomic E-state index is 13.6. The van der Waals surface area contributed by atoms with E-state index in [1.54, 1.807) is 44.2 Å². The molecule has 4 heteroatoms. The number of rotatable bonds is 2. The predicted octanol–water partition coefficient (Wildman–Crippen LogP) is 4.81. The fraction of sp³-hybridized carbons (Fsp3) is 0.200. The number of benzene rings is 2. The van der Waals surface area contributed by atoms with Crippen LogP contribution in [0.4, 0.5) is 4.39 Å². The first-order valence-corrected chi connectivity index (χ1v) is 6.94. The minimum absolute atomic E-state index is 0.342. The molecule has 0 saturated heterocycles. The van der Waals surface area contributed by atoms with Gasteiger partial charge in [-0.3, -0.25) is 0 Å². The third kappa shape index (κ3) is 2.83. The van der Waals surface area contributed by atoms with E-state index in [0.717, 1.165) is 4.47 Å². The van der Waals surface area contributed by atoms with Crippen LogP contribution in [0.5, 0.6) is 0 Å². The molecule has 0 aromatic heterocycles. The molecule has 100 valence electrons. The van der Waals surface area contributed by atoms with Crippen LogP contribution >= 0.6 is 27.5 Å². The topological polar surface area (TPSA) is 20.2 Å². The zero-order valence-electron chi connectivity index (χ0n) is 10.5. The summed E-state index contributed by atoms with van der Waals surface area (Å²) < 4.78 is 14.5. The molecular formula is C15H13BrClFO. The second-order valence-corrected chi connectivity index (χ2v) is 5.98. The minimum Gasteiger partial charge on any atom is -0.381 e. The van der Waals surface area contributed by atoms with Gasteiger partial charge in [0.2, 0.25) is 0 Å². The largest absolute Gasteiger partial charge is 0.381 e. The molecular weight excluding hydrogens is 331 g/mol. The highest BCUT2D eigenvalue weighted by molar-refractivity contribution is 9.10. The third-order valence-electron chi connectivity index (χ3n) is 3.19. The molecule has 1 atom stereocenters. The molecule has 0 spiro atoms. The van der Waals surface area contributed by atoms with Gasteiger partial charge in [-0.15, -0.1) is 0 Å². The fourth-order valence-corrected chi connectivity index (χ4v) is 2.79. The van der Waals surface area contributed by atoms with E-state index in [1.807, 2.05) is 0 Å². The molecule has 1 N–H and O–H groups in total. The van der Waals surface area contributed by atoms with Crippen LogP contribution in [0.1, 0.15) is 23.6 Å². The lowest BCUT2D eigenvalue weighted by atomic mass is 9.87. The van der Waals surface area contributed by atoms with Crippen LogP contribution in [0.15, 0.2) is 40.9 Å². The van der Waals surface area contributed by atoms with Gasteiger partial charge < -0.3 is 5.11 Å². The molecule has 1 unspecified atom stereocenters. The molecule has 0 saturated carbocycles. The first kappa shape index (κ1) is 14.5. The van der Waals surface area contributed by atoms with E-state index in [4.69, 9.17) is 11.6 Å². The summed E-state index contributed by atoms with van der Waals surface area (Å²) in [5.41, 5.74) is 0.216. The summed E-state index contributed by atoms with van der Waals surface area (Å²) in [6.45, 7) is 3.28. The highest BCUT2D eigenvalue weighted by Crippen LogP contribution is 2.35. The molecule has 0 bridgehead atoms. The summed E-state index contributed by atoms with van der Waals surface area (Å²) in [6, 6.07) is 9.91. The van der Waals surface area contributed by atoms with Crippen molar-refractivity contribution in [3.63, 3.8) is 0 Å². The van der Waals surface area contributed by atoms with Gasteiger partial charge in [-0.05, 0) is 43.2 Å². The van der Waals surface area contributed by atoms with Gasteiger partial charge >= 0.3 is 0 Å². The molecule has 0 heterocycles. The van der Waals surface area contributed by atoms with E-state index in [0.29, 0.717) is 21.7 Å². The van der Waals surface area contributed by atoms with Gasteiger partial charge in [0.05, 0.1) is 0 Å². The Hall–Kier alpha value is -0.900. The summed E-state index contributed by atoms with van der Waals surface area (Å²) in [4.78, 5) is 0. The fourth-order valence-electron chi connectivity index (χ4n) is 1.94. The molecule has 0 amide bonds. The minimum atomic E-state index is -1.34. The van der Waals surface area contributed by atoms with Gasteiger partial charge in [0.1, 0.15) is 11.4 Å². The van der Waals surface area contributed by atoms with Gasteiger partial charge in [-0.1, -0.05) is 45.7 Å². The van der Waals surface area contributed by atoms with Gasteiger partial charge in [0, 0.05) is 15.1 Å². The van der Waals surface area contributed by atoms with Crippen LogP contribution in [0.2, 0.25) is 5.02 Å². The zero-order valence-corrected chi connectivity index (χ0v) is 12.9. The molecule has 0 aliphatic rings. The lowest BCUT2D eigenvalue weighted by molar-refractivity contribution is 0.102. The number of aliphatic hydroxyl groups is 1. The van der Waals surface area contributed by atoms with E-state index < -0.39 is 5.60 Å². The van der Waals surface area contributed by atoms with Gasteiger partial charge in [-0.2, -0.15) is 0 Å². The summed E-state index contributed by atoms with van der Waals surface area (Å²) in [6.07, 6.45) is 0. The Morgan fingerprint density at radius 1 is 1.21 bits per heavy atom. The average Bonchev–Trinajstić information content (AvgIpc) is 2.32. The number of hydrogen-bond donors (Lipinski definition) is 1. The van der Waals surface area contributed by atoms with Crippen molar-refractivity contribution in [1.82, 2.24) is 0 Å². The first-order chi connectivity index (χ1) is 8.82. The SMILES string of the molecule is Cc1ccc(C(C)(O)c2ccc(Br)cc2Cl)cc1F. The third-order valence-corrected chi connectivity index (χ3v) is 4.00. The van der Waals surface area contributed by atoms with Crippen molar-refractivity contribution in [1.29, 1.82) is 0 Å². The van der Waals surface area contributed by atoms with E-state index in [2.05, 4.69) is 15.9 Å². The van der Waals surface area contributed by atoms with Gasteiger partial charge in [0.25, 0.3) is 0 Å². The maximum Gasteiger partial charge on any atom is 0.126 e. The molecule has 2 aromatic carbocycles. The summed E-state index contributed by atoms with van der Waals surface area (Å²) in [5.74, 6) is -0.342. The monoisotopic (exact) mass is 342 g/mol. The summed E-state index contributed by atoms with van der Waals surface area (Å²) >= 11 is 9.47. The summed E-state index contributed by atoms with van der Waals surface area (Å²) in [5, 5.41) is 11.1. The molecule has 2 aromatic rings. The van der Waals surface area contributed by atoms with Crippen LogP contribution in [0, 0.1) is 12.7 Å². The van der Waals surface area contributed by atoms with Crippen LogP contribution < -0.4 is 0 Å². The second-order valence-electron chi connectivity index (χ2n) is 4.66. The number of halogens is 3. The van der Waals surface area contributed by atoms with Crippen LogP contribution in [0.3, 0.4) is 0 Å². The summed E-state index contributed by atoms with van der Waals surface area (Å²) in [7, 11) is 0. The Bertz CT molecular complexity index is 626. The van der Waals surface area contributed by atoms with Gasteiger partial charge in [-0.25, -0.2) is 4.39 Å². The van der Waals surface area contributed by atoms with Crippen molar-refractivity contribution in [3.8, 4) is 0 Å². The Labute approximate surface area is 125 Å². The van der Waals surface area contributed by atoms with E-state index >= 15 is 0 Å². The molecule has 19 heavy (non-hydrogen) atoms. The van der Waals surface area contributed by atoms with E-state index in [-0.39, 0.29) is 5.82 Å². The highest BCUT2D eigenvalue weighted by atomic mass is 79.9. The van der Waals surface area contributed by atoms with Crippen molar-refractivity contribution < 1.29 is 9.50 Å². The van der Waals surface area contributed by atoms with Crippen LogP contribution in [-0.4, -0.2) is 5.11 Å². The molecule has 0 aliphatic heterocycles. The van der Waals surface area contributed by atoms with Crippen molar-refractivity contribution in [2.45, 2.75) is 19.4 Å². The smallest absolute Gasteiger partial charge is 0.126 e. The highest BCUT2D eigenvalue weighted by Gasteiger charge is 2.28. The van der Waals surface area contributed by atoms with Crippen LogP contribution in [0.25, 0.3) is 0 Å². The molecule has 0 aliphatic carbocycles. The maximum atomic E-state index is 13.6. The normalized spacial score (nSPS) is 14.2. The van der Waals surface area contributed by atoms with Gasteiger partial charge in [0.15, 0.2) is 0 Å². The Kier molecular flexibility index (Phi) is 4.00. The lowest BCUT2D eigenvalue weighted by Gasteiger charge is -2.26. The zero-order chi connectivity index (χ0) is 14.2. The Morgan fingerprint density at radius 2 is 1.89 bits per heavy atom. The van der Waals surface area contributed by atoms with E-state index in [1.165, 1.54) is 6.07 Å². The molecule has 0 radical (unpaired) electrons. The van der Waals surface area contributed by atoms with Crippen molar-refractivity contribution in [3.05, 3.63) is 68.4 Å².